The lowest BCUT2D eigenvalue weighted by molar-refractivity contribution is 0.163. The van der Waals surface area contributed by atoms with E-state index in [0.29, 0.717) is 5.56 Å². The summed E-state index contributed by atoms with van der Waals surface area (Å²) in [4.78, 5) is 2.12. The zero-order valence-electron chi connectivity index (χ0n) is 13.1. The molecule has 21 heavy (non-hydrogen) atoms. The second kappa shape index (κ2) is 9.07. The number of aliphatic hydroxyl groups is 1. The molecule has 2 N–H and O–H groups in total. The van der Waals surface area contributed by atoms with E-state index in [1.165, 1.54) is 12.1 Å². The highest BCUT2D eigenvalue weighted by molar-refractivity contribution is 5.21. The summed E-state index contributed by atoms with van der Waals surface area (Å²) in [5.74, 6) is -1.09. The average molecular weight is 300 g/mol. The Morgan fingerprint density at radius 2 is 1.71 bits per heavy atom. The largest absolute Gasteiger partial charge is 0.393 e. The molecule has 3 nitrogen and oxygen atoms in total. The van der Waals surface area contributed by atoms with E-state index in [-0.39, 0.29) is 12.1 Å². The number of hydrogen-bond donors (Lipinski definition) is 2. The smallest absolute Gasteiger partial charge is 0.126 e. The Bertz CT molecular complexity index is 406. The minimum atomic E-state index is -0.546. The van der Waals surface area contributed by atoms with Crippen molar-refractivity contribution in [1.82, 2.24) is 10.2 Å². The Hall–Kier alpha value is -1.04. The normalized spacial score (nSPS) is 14.4. The lowest BCUT2D eigenvalue weighted by Gasteiger charge is -2.23. The molecule has 1 aromatic rings. The van der Waals surface area contributed by atoms with E-state index >= 15 is 0 Å². The van der Waals surface area contributed by atoms with Crippen LogP contribution in [0.2, 0.25) is 0 Å². The molecule has 0 amide bonds. The van der Waals surface area contributed by atoms with Crippen LogP contribution in [0.3, 0.4) is 0 Å². The molecule has 1 rings (SSSR count). The first-order valence-corrected chi connectivity index (χ1v) is 7.48. The molecule has 2 unspecified atom stereocenters. The van der Waals surface area contributed by atoms with Crippen LogP contribution in [0.25, 0.3) is 0 Å². The van der Waals surface area contributed by atoms with Gasteiger partial charge in [-0.05, 0) is 57.6 Å². The van der Waals surface area contributed by atoms with Crippen LogP contribution in [0.1, 0.15) is 38.3 Å². The van der Waals surface area contributed by atoms with E-state index in [1.807, 2.05) is 14.0 Å². The summed E-state index contributed by atoms with van der Waals surface area (Å²) in [6, 6.07) is 3.58. The number of nitrogens with zero attached hydrogens (tertiary/aromatic N) is 1. The van der Waals surface area contributed by atoms with Gasteiger partial charge in [-0.3, -0.25) is 0 Å². The predicted molar refractivity (Wildman–Crippen MR) is 81.2 cm³/mol. The summed E-state index contributed by atoms with van der Waals surface area (Å²) in [5.41, 5.74) is 0.637. The Morgan fingerprint density at radius 3 is 2.24 bits per heavy atom. The van der Waals surface area contributed by atoms with Crippen molar-refractivity contribution in [1.29, 1.82) is 0 Å². The molecule has 5 heteroatoms. The van der Waals surface area contributed by atoms with Crippen LogP contribution < -0.4 is 5.32 Å². The van der Waals surface area contributed by atoms with Crippen molar-refractivity contribution in [3.8, 4) is 0 Å². The first-order chi connectivity index (χ1) is 9.92. The summed E-state index contributed by atoms with van der Waals surface area (Å²) in [6.07, 6.45) is 1.17. The van der Waals surface area contributed by atoms with Crippen LogP contribution in [-0.4, -0.2) is 42.8 Å². The van der Waals surface area contributed by atoms with Crippen molar-refractivity contribution in [2.24, 2.45) is 0 Å². The minimum absolute atomic E-state index is 0.0748. The van der Waals surface area contributed by atoms with Gasteiger partial charge >= 0.3 is 0 Å². The standard InChI is InChI=1S/C16H26F2N2O/c1-4-19-16(6-8-20(3)7-5-12(2)21)13-9-14(17)11-15(18)10-13/h9-12,16,19,21H,4-8H2,1-3H3. The van der Waals surface area contributed by atoms with Gasteiger partial charge in [0.25, 0.3) is 0 Å². The Labute approximate surface area is 126 Å². The number of halogens is 2. The molecule has 0 saturated carbocycles. The molecular formula is C16H26F2N2O. The van der Waals surface area contributed by atoms with Crippen molar-refractivity contribution in [3.63, 3.8) is 0 Å². The fourth-order valence-electron chi connectivity index (χ4n) is 2.28. The molecule has 0 aliphatic heterocycles. The third kappa shape index (κ3) is 6.98. The van der Waals surface area contributed by atoms with Crippen LogP contribution in [0.4, 0.5) is 8.78 Å². The first-order valence-electron chi connectivity index (χ1n) is 7.48. The van der Waals surface area contributed by atoms with E-state index in [2.05, 4.69) is 10.2 Å². The predicted octanol–water partition coefficient (Wildman–Crippen LogP) is 2.71. The van der Waals surface area contributed by atoms with E-state index in [0.717, 1.165) is 38.5 Å². The molecular weight excluding hydrogens is 274 g/mol. The summed E-state index contributed by atoms with van der Waals surface area (Å²) >= 11 is 0. The fourth-order valence-corrected chi connectivity index (χ4v) is 2.28. The van der Waals surface area contributed by atoms with Gasteiger partial charge < -0.3 is 15.3 Å². The highest BCUT2D eigenvalue weighted by Crippen LogP contribution is 2.19. The number of benzene rings is 1. The number of rotatable bonds is 9. The van der Waals surface area contributed by atoms with Gasteiger partial charge in [0, 0.05) is 18.7 Å². The quantitative estimate of drug-likeness (QED) is 0.736. The van der Waals surface area contributed by atoms with Gasteiger partial charge in [-0.15, -0.1) is 0 Å². The van der Waals surface area contributed by atoms with Crippen LogP contribution in [0.15, 0.2) is 18.2 Å². The minimum Gasteiger partial charge on any atom is -0.393 e. The zero-order valence-corrected chi connectivity index (χ0v) is 13.1. The second-order valence-electron chi connectivity index (χ2n) is 5.54. The van der Waals surface area contributed by atoms with Crippen molar-refractivity contribution in [2.45, 2.75) is 38.8 Å². The van der Waals surface area contributed by atoms with Crippen molar-refractivity contribution in [2.75, 3.05) is 26.7 Å². The molecule has 0 aromatic heterocycles. The highest BCUT2D eigenvalue weighted by Gasteiger charge is 2.14. The van der Waals surface area contributed by atoms with Gasteiger partial charge in [-0.1, -0.05) is 6.92 Å². The van der Waals surface area contributed by atoms with Crippen LogP contribution in [-0.2, 0) is 0 Å². The van der Waals surface area contributed by atoms with Crippen molar-refractivity contribution >= 4 is 0 Å². The molecule has 2 atom stereocenters. The molecule has 0 fully saturated rings. The van der Waals surface area contributed by atoms with E-state index in [9.17, 15) is 13.9 Å². The van der Waals surface area contributed by atoms with Crippen LogP contribution in [0, 0.1) is 11.6 Å². The number of aliphatic hydroxyl groups excluding tert-OH is 1. The summed E-state index contributed by atoms with van der Waals surface area (Å²) in [7, 11) is 1.98. The van der Waals surface area contributed by atoms with E-state index < -0.39 is 11.6 Å². The van der Waals surface area contributed by atoms with Crippen molar-refractivity contribution in [3.05, 3.63) is 35.4 Å². The Morgan fingerprint density at radius 1 is 1.14 bits per heavy atom. The second-order valence-corrected chi connectivity index (χ2v) is 5.54. The third-order valence-electron chi connectivity index (χ3n) is 3.47. The van der Waals surface area contributed by atoms with Crippen LogP contribution >= 0.6 is 0 Å². The molecule has 0 radical (unpaired) electrons. The third-order valence-corrected chi connectivity index (χ3v) is 3.47. The van der Waals surface area contributed by atoms with E-state index in [1.54, 1.807) is 6.92 Å². The fraction of sp³-hybridized carbons (Fsp3) is 0.625. The molecule has 0 spiro atoms. The average Bonchev–Trinajstić information content (AvgIpc) is 2.40. The maximum atomic E-state index is 13.3. The summed E-state index contributed by atoms with van der Waals surface area (Å²) < 4.78 is 26.7. The first kappa shape index (κ1) is 18.0. The Balaban J connectivity index is 2.60. The zero-order chi connectivity index (χ0) is 15.8. The van der Waals surface area contributed by atoms with Gasteiger partial charge in [0.15, 0.2) is 0 Å². The van der Waals surface area contributed by atoms with Gasteiger partial charge in [-0.2, -0.15) is 0 Å². The molecule has 1 aromatic carbocycles. The molecule has 0 bridgehead atoms. The maximum Gasteiger partial charge on any atom is 0.126 e. The maximum absolute atomic E-state index is 13.3. The molecule has 0 saturated heterocycles. The van der Waals surface area contributed by atoms with Gasteiger partial charge in [0.2, 0.25) is 0 Å². The summed E-state index contributed by atoms with van der Waals surface area (Å²) in [5, 5.41) is 12.5. The summed E-state index contributed by atoms with van der Waals surface area (Å²) in [6.45, 7) is 6.07. The highest BCUT2D eigenvalue weighted by atomic mass is 19.1. The molecule has 0 aliphatic carbocycles. The molecule has 0 aliphatic rings. The van der Waals surface area contributed by atoms with Gasteiger partial charge in [0.05, 0.1) is 6.10 Å². The lowest BCUT2D eigenvalue weighted by Crippen LogP contribution is -2.29. The van der Waals surface area contributed by atoms with Crippen LogP contribution in [0.5, 0.6) is 0 Å². The van der Waals surface area contributed by atoms with Crippen molar-refractivity contribution < 1.29 is 13.9 Å². The molecule has 0 heterocycles. The number of hydrogen-bond acceptors (Lipinski definition) is 3. The lowest BCUT2D eigenvalue weighted by atomic mass is 10.0. The van der Waals surface area contributed by atoms with Gasteiger partial charge in [-0.25, -0.2) is 8.78 Å². The SMILES string of the molecule is CCNC(CCN(C)CCC(C)O)c1cc(F)cc(F)c1. The molecule has 120 valence electrons. The Kier molecular flexibility index (Phi) is 7.78. The van der Waals surface area contributed by atoms with E-state index in [4.69, 9.17) is 0 Å². The van der Waals surface area contributed by atoms with Gasteiger partial charge in [0.1, 0.15) is 11.6 Å². The topological polar surface area (TPSA) is 35.5 Å². The number of nitrogens with one attached hydrogen (secondary N) is 1. The monoisotopic (exact) mass is 300 g/mol.